The summed E-state index contributed by atoms with van der Waals surface area (Å²) >= 11 is 3.59. The van der Waals surface area contributed by atoms with Gasteiger partial charge in [-0.15, -0.1) is 4.41 Å². The van der Waals surface area contributed by atoms with Crippen LogP contribution in [0.3, 0.4) is 0 Å². The van der Waals surface area contributed by atoms with Crippen molar-refractivity contribution in [3.63, 3.8) is 0 Å². The summed E-state index contributed by atoms with van der Waals surface area (Å²) in [6, 6.07) is 0. The summed E-state index contributed by atoms with van der Waals surface area (Å²) in [5, 5.41) is 0. The van der Waals surface area contributed by atoms with Crippen LogP contribution in [0, 0.1) is 0 Å². The van der Waals surface area contributed by atoms with Crippen LogP contribution in [0.5, 0.6) is 0 Å². The van der Waals surface area contributed by atoms with Gasteiger partial charge in [0.15, 0.2) is 0 Å². The summed E-state index contributed by atoms with van der Waals surface area (Å²) in [7, 11) is 0. The number of hydrazine groups is 1. The molecule has 1 heterocycles. The normalized spacial score (nSPS) is 20.6. The van der Waals surface area contributed by atoms with Gasteiger partial charge in [0.25, 0.3) is 0 Å². The van der Waals surface area contributed by atoms with E-state index in [4.69, 9.17) is 0 Å². The first-order valence-corrected chi connectivity index (χ1v) is 2.75. The van der Waals surface area contributed by atoms with Crippen molar-refractivity contribution < 1.29 is 13.2 Å². The topological polar surface area (TPSA) is 27.6 Å². The largest absolute Gasteiger partial charge is 0.450 e. The molecule has 3 nitrogen and oxygen atoms in total. The maximum Gasteiger partial charge on any atom is 0.450 e. The monoisotopic (exact) mass is 171 g/mol. The number of halogens is 3. The van der Waals surface area contributed by atoms with E-state index in [0.29, 0.717) is 0 Å². The molecule has 1 aliphatic heterocycles. The van der Waals surface area contributed by atoms with E-state index in [0.717, 1.165) is 4.41 Å². The first-order chi connectivity index (χ1) is 4.50. The third-order valence-corrected chi connectivity index (χ3v) is 1.09. The van der Waals surface area contributed by atoms with Gasteiger partial charge >= 0.3 is 6.18 Å². The number of amidine groups is 1. The minimum atomic E-state index is -4.39. The first-order valence-electron chi connectivity index (χ1n) is 2.35. The Labute approximate surface area is 60.4 Å². The molecule has 1 N–H and O–H groups in total. The fourth-order valence-electron chi connectivity index (χ4n) is 0.484. The van der Waals surface area contributed by atoms with Crippen LogP contribution in [0.25, 0.3) is 0 Å². The Hall–Kier alpha value is -0.430. The number of alkyl halides is 3. The summed E-state index contributed by atoms with van der Waals surface area (Å²) in [4.78, 5) is 3.12. The Morgan fingerprint density at radius 3 is 2.40 bits per heavy atom. The van der Waals surface area contributed by atoms with E-state index in [9.17, 15) is 13.2 Å². The van der Waals surface area contributed by atoms with E-state index in [2.05, 4.69) is 17.8 Å². The van der Waals surface area contributed by atoms with Crippen molar-refractivity contribution in [2.45, 2.75) is 6.18 Å². The first kappa shape index (κ1) is 7.67. The number of rotatable bonds is 0. The Morgan fingerprint density at radius 1 is 1.60 bits per heavy atom. The van der Waals surface area contributed by atoms with Crippen LogP contribution in [0.15, 0.2) is 4.99 Å². The Kier molecular flexibility index (Phi) is 1.78. The highest BCUT2D eigenvalue weighted by Crippen LogP contribution is 2.18. The van der Waals surface area contributed by atoms with Crippen molar-refractivity contribution in [2.75, 3.05) is 6.67 Å². The molecule has 0 aromatic carbocycles. The minimum Gasteiger partial charge on any atom is -0.288 e. The highest BCUT2D eigenvalue weighted by atomic mass is 32.1. The Bertz CT molecular complexity index is 165. The molecule has 0 bridgehead atoms. The van der Waals surface area contributed by atoms with Crippen molar-refractivity contribution in [1.29, 1.82) is 0 Å². The van der Waals surface area contributed by atoms with E-state index in [1.807, 2.05) is 5.43 Å². The van der Waals surface area contributed by atoms with Gasteiger partial charge in [0.2, 0.25) is 5.84 Å². The molecule has 0 amide bonds. The van der Waals surface area contributed by atoms with Crippen LogP contribution < -0.4 is 5.43 Å². The molecule has 58 valence electrons. The molecular weight excluding hydrogens is 167 g/mol. The van der Waals surface area contributed by atoms with Gasteiger partial charge in [-0.3, -0.25) is 5.43 Å². The Balaban J connectivity index is 2.60. The summed E-state index contributed by atoms with van der Waals surface area (Å²) in [5.41, 5.74) is 1.92. The molecule has 0 unspecified atom stereocenters. The number of hydrogen-bond donors (Lipinski definition) is 2. The summed E-state index contributed by atoms with van der Waals surface area (Å²) in [6.45, 7) is -0.0854. The molecular formula is C3H4F3N3S. The van der Waals surface area contributed by atoms with Gasteiger partial charge in [-0.05, 0) is 0 Å². The second-order valence-electron chi connectivity index (χ2n) is 1.66. The smallest absolute Gasteiger partial charge is 0.288 e. The molecule has 0 saturated carbocycles. The van der Waals surface area contributed by atoms with Crippen molar-refractivity contribution in [3.05, 3.63) is 0 Å². The van der Waals surface area contributed by atoms with Gasteiger partial charge in [-0.25, -0.2) is 4.99 Å². The van der Waals surface area contributed by atoms with Gasteiger partial charge < -0.3 is 0 Å². The van der Waals surface area contributed by atoms with Gasteiger partial charge in [0.1, 0.15) is 6.67 Å². The van der Waals surface area contributed by atoms with Crippen molar-refractivity contribution in [3.8, 4) is 0 Å². The van der Waals surface area contributed by atoms with Crippen LogP contribution in [0.1, 0.15) is 0 Å². The zero-order valence-electron chi connectivity index (χ0n) is 4.68. The number of aliphatic imine (C=N–C) groups is 1. The molecule has 0 atom stereocenters. The van der Waals surface area contributed by atoms with E-state index in [-0.39, 0.29) is 6.67 Å². The molecule has 0 spiro atoms. The SMILES string of the molecule is FC(F)(F)C1=NCN(S)N1. The highest BCUT2D eigenvalue weighted by Gasteiger charge is 2.38. The van der Waals surface area contributed by atoms with Gasteiger partial charge in [0.05, 0.1) is 0 Å². The zero-order valence-corrected chi connectivity index (χ0v) is 5.58. The summed E-state index contributed by atoms with van der Waals surface area (Å²) < 4.78 is 36.0. The maximum atomic E-state index is 11.7. The lowest BCUT2D eigenvalue weighted by Crippen LogP contribution is -2.38. The predicted molar refractivity (Wildman–Crippen MR) is 32.3 cm³/mol. The van der Waals surface area contributed by atoms with Crippen LogP contribution in [0.4, 0.5) is 13.2 Å². The van der Waals surface area contributed by atoms with Gasteiger partial charge in [0, 0.05) is 0 Å². The standard InChI is InChI=1S/C3H4F3N3S/c4-3(5,6)2-7-1-9(10)8-2/h10H,1H2,(H,7,8). The van der Waals surface area contributed by atoms with Gasteiger partial charge in [-0.1, -0.05) is 12.8 Å². The van der Waals surface area contributed by atoms with Crippen molar-refractivity contribution in [1.82, 2.24) is 9.84 Å². The zero-order chi connectivity index (χ0) is 7.78. The van der Waals surface area contributed by atoms with E-state index in [1.54, 1.807) is 0 Å². The molecule has 7 heteroatoms. The van der Waals surface area contributed by atoms with Crippen molar-refractivity contribution in [2.24, 2.45) is 4.99 Å². The molecule has 0 aromatic heterocycles. The molecule has 0 aliphatic carbocycles. The summed E-state index contributed by atoms with van der Waals surface area (Å²) in [5.74, 6) is -0.998. The molecule has 10 heavy (non-hydrogen) atoms. The quantitative estimate of drug-likeness (QED) is 0.521. The van der Waals surface area contributed by atoms with E-state index in [1.165, 1.54) is 0 Å². The average Bonchev–Trinajstić information content (AvgIpc) is 2.11. The molecule has 0 aromatic rings. The average molecular weight is 171 g/mol. The second kappa shape index (κ2) is 2.31. The lowest BCUT2D eigenvalue weighted by molar-refractivity contribution is -0.0621. The summed E-state index contributed by atoms with van der Waals surface area (Å²) in [6.07, 6.45) is -4.39. The fraction of sp³-hybridized carbons (Fsp3) is 0.667. The number of hydrogen-bond acceptors (Lipinski definition) is 4. The maximum absolute atomic E-state index is 11.7. The number of nitrogens with one attached hydrogen (secondary N) is 1. The highest BCUT2D eigenvalue weighted by molar-refractivity contribution is 7.77. The molecule has 1 rings (SSSR count). The van der Waals surface area contributed by atoms with Crippen LogP contribution in [0.2, 0.25) is 0 Å². The van der Waals surface area contributed by atoms with Gasteiger partial charge in [-0.2, -0.15) is 13.2 Å². The Morgan fingerprint density at radius 2 is 2.20 bits per heavy atom. The third-order valence-electron chi connectivity index (χ3n) is 0.866. The second-order valence-corrected chi connectivity index (χ2v) is 2.14. The number of nitrogens with zero attached hydrogens (tertiary/aromatic N) is 2. The minimum absolute atomic E-state index is 0.0854. The lowest BCUT2D eigenvalue weighted by Gasteiger charge is -2.09. The third kappa shape index (κ3) is 1.54. The van der Waals surface area contributed by atoms with Crippen molar-refractivity contribution >= 4 is 18.7 Å². The molecule has 0 radical (unpaired) electrons. The predicted octanol–water partition coefficient (Wildman–Crippen LogP) is 0.570. The van der Waals surface area contributed by atoms with Crippen LogP contribution >= 0.6 is 12.8 Å². The fourth-order valence-corrected chi connectivity index (χ4v) is 0.642. The number of thiol groups is 1. The van der Waals surface area contributed by atoms with Crippen LogP contribution in [-0.2, 0) is 0 Å². The van der Waals surface area contributed by atoms with Crippen LogP contribution in [-0.4, -0.2) is 23.1 Å². The lowest BCUT2D eigenvalue weighted by atomic mass is 10.6. The molecule has 0 saturated heterocycles. The molecule has 1 aliphatic rings. The van der Waals surface area contributed by atoms with E-state index < -0.39 is 12.0 Å². The molecule has 0 fully saturated rings. The van der Waals surface area contributed by atoms with E-state index >= 15 is 0 Å².